The van der Waals surface area contributed by atoms with Crippen molar-refractivity contribution in [2.75, 3.05) is 31.8 Å². The van der Waals surface area contributed by atoms with Crippen molar-refractivity contribution in [1.29, 1.82) is 0 Å². The molecule has 0 spiro atoms. The Balaban J connectivity index is 1.74. The first-order valence-corrected chi connectivity index (χ1v) is 10.9. The van der Waals surface area contributed by atoms with Crippen LogP contribution >= 0.6 is 11.8 Å². The Hall–Kier alpha value is -2.36. The monoisotopic (exact) mass is 422 g/mol. The molecule has 28 heavy (non-hydrogen) atoms. The van der Waals surface area contributed by atoms with Gasteiger partial charge >= 0.3 is 5.97 Å². The molecule has 0 aliphatic rings. The standard InChI is InChI=1S/C19H22N2O5S2/c1-21(2)28(24,25)17-10-8-15(9-11-17)20-18(22)14-26-19(23)12-13-27-16-6-4-3-5-7-16/h3-11H,12-14H2,1-2H3,(H,20,22). The van der Waals surface area contributed by atoms with Crippen molar-refractivity contribution in [3.05, 3.63) is 54.6 Å². The number of esters is 1. The van der Waals surface area contributed by atoms with Crippen molar-refractivity contribution in [2.24, 2.45) is 0 Å². The Kier molecular flexibility index (Phi) is 8.04. The van der Waals surface area contributed by atoms with Crippen molar-refractivity contribution < 1.29 is 22.7 Å². The predicted octanol–water partition coefficient (Wildman–Crippen LogP) is 2.60. The quantitative estimate of drug-likeness (QED) is 0.493. The molecule has 0 aliphatic heterocycles. The van der Waals surface area contributed by atoms with Gasteiger partial charge in [0, 0.05) is 30.4 Å². The fourth-order valence-electron chi connectivity index (χ4n) is 2.11. The first-order valence-electron chi connectivity index (χ1n) is 8.45. The lowest BCUT2D eigenvalue weighted by Gasteiger charge is -2.12. The number of benzene rings is 2. The molecule has 2 rings (SSSR count). The van der Waals surface area contributed by atoms with Crippen LogP contribution in [-0.4, -0.2) is 51.1 Å². The van der Waals surface area contributed by atoms with Crippen LogP contribution in [0.25, 0.3) is 0 Å². The molecule has 7 nitrogen and oxygen atoms in total. The minimum atomic E-state index is -3.52. The Morgan fingerprint density at radius 2 is 1.68 bits per heavy atom. The number of thioether (sulfide) groups is 1. The highest BCUT2D eigenvalue weighted by Crippen LogP contribution is 2.18. The summed E-state index contributed by atoms with van der Waals surface area (Å²) in [6.07, 6.45) is 0.198. The van der Waals surface area contributed by atoms with Crippen LogP contribution in [-0.2, 0) is 24.3 Å². The topological polar surface area (TPSA) is 92.8 Å². The van der Waals surface area contributed by atoms with E-state index in [0.29, 0.717) is 11.4 Å². The molecule has 1 N–H and O–H groups in total. The fourth-order valence-corrected chi connectivity index (χ4v) is 3.86. The van der Waals surface area contributed by atoms with Crippen molar-refractivity contribution in [2.45, 2.75) is 16.2 Å². The Morgan fingerprint density at radius 1 is 1.04 bits per heavy atom. The molecule has 0 heterocycles. The first kappa shape index (κ1) is 21.9. The average Bonchev–Trinajstić information content (AvgIpc) is 2.67. The van der Waals surface area contributed by atoms with Gasteiger partial charge in [-0.3, -0.25) is 9.59 Å². The largest absolute Gasteiger partial charge is 0.456 e. The number of nitrogens with one attached hydrogen (secondary N) is 1. The number of carbonyl (C=O) groups is 2. The van der Waals surface area contributed by atoms with Crippen LogP contribution in [0.5, 0.6) is 0 Å². The molecule has 2 aromatic rings. The van der Waals surface area contributed by atoms with Gasteiger partial charge in [-0.1, -0.05) is 18.2 Å². The summed E-state index contributed by atoms with van der Waals surface area (Å²) in [5.41, 5.74) is 0.415. The van der Waals surface area contributed by atoms with Crippen molar-refractivity contribution in [3.63, 3.8) is 0 Å². The van der Waals surface area contributed by atoms with Gasteiger partial charge in [0.2, 0.25) is 10.0 Å². The number of sulfonamides is 1. The second kappa shape index (κ2) is 10.3. The number of carbonyl (C=O) groups excluding carboxylic acids is 2. The van der Waals surface area contributed by atoms with E-state index in [9.17, 15) is 18.0 Å². The van der Waals surface area contributed by atoms with Crippen LogP contribution in [0.3, 0.4) is 0 Å². The molecular weight excluding hydrogens is 400 g/mol. The third-order valence-corrected chi connectivity index (χ3v) is 6.44. The zero-order valence-corrected chi connectivity index (χ0v) is 17.3. The lowest BCUT2D eigenvalue weighted by atomic mass is 10.3. The van der Waals surface area contributed by atoms with E-state index in [0.717, 1.165) is 9.20 Å². The number of hydrogen-bond acceptors (Lipinski definition) is 6. The molecule has 0 atom stereocenters. The highest BCUT2D eigenvalue weighted by Gasteiger charge is 2.17. The summed E-state index contributed by atoms with van der Waals surface area (Å²) >= 11 is 1.54. The number of anilines is 1. The van der Waals surface area contributed by atoms with Crippen molar-refractivity contribution in [3.8, 4) is 0 Å². The number of hydrogen-bond donors (Lipinski definition) is 1. The summed E-state index contributed by atoms with van der Waals surface area (Å²) < 4.78 is 30.1. The molecule has 0 radical (unpaired) electrons. The summed E-state index contributed by atoms with van der Waals surface area (Å²) in [5.74, 6) is -0.384. The van der Waals surface area contributed by atoms with Crippen LogP contribution < -0.4 is 5.32 Å². The molecule has 9 heteroatoms. The maximum Gasteiger partial charge on any atom is 0.307 e. The smallest absolute Gasteiger partial charge is 0.307 e. The van der Waals surface area contributed by atoms with Gasteiger partial charge in [0.1, 0.15) is 0 Å². The summed E-state index contributed by atoms with van der Waals surface area (Å²) in [5, 5.41) is 2.56. The minimum absolute atomic E-state index is 0.123. The number of rotatable bonds is 9. The van der Waals surface area contributed by atoms with Gasteiger partial charge in [-0.05, 0) is 36.4 Å². The molecular formula is C19H22N2O5S2. The van der Waals surface area contributed by atoms with Crippen LogP contribution in [0.15, 0.2) is 64.4 Å². The van der Waals surface area contributed by atoms with Crippen molar-refractivity contribution in [1.82, 2.24) is 4.31 Å². The maximum absolute atomic E-state index is 12.0. The lowest BCUT2D eigenvalue weighted by Crippen LogP contribution is -2.22. The van der Waals surface area contributed by atoms with Gasteiger partial charge in [0.25, 0.3) is 5.91 Å². The maximum atomic E-state index is 12.0. The van der Waals surface area contributed by atoms with Gasteiger partial charge in [-0.25, -0.2) is 12.7 Å². The van der Waals surface area contributed by atoms with Crippen LogP contribution in [0, 0.1) is 0 Å². The Labute approximate surface area is 169 Å². The lowest BCUT2D eigenvalue weighted by molar-refractivity contribution is -0.146. The number of nitrogens with zero attached hydrogens (tertiary/aromatic N) is 1. The predicted molar refractivity (Wildman–Crippen MR) is 109 cm³/mol. The van der Waals surface area contributed by atoms with E-state index in [1.54, 1.807) is 0 Å². The molecule has 0 bridgehead atoms. The van der Waals surface area contributed by atoms with E-state index >= 15 is 0 Å². The SMILES string of the molecule is CN(C)S(=O)(=O)c1ccc(NC(=O)COC(=O)CCSc2ccccc2)cc1. The summed E-state index contributed by atoms with van der Waals surface area (Å²) in [7, 11) is -0.639. The summed E-state index contributed by atoms with van der Waals surface area (Å²) in [6, 6.07) is 15.4. The molecule has 0 unspecified atom stereocenters. The zero-order valence-electron chi connectivity index (χ0n) is 15.6. The zero-order chi connectivity index (χ0) is 20.6. The van der Waals surface area contributed by atoms with E-state index < -0.39 is 28.5 Å². The van der Waals surface area contributed by atoms with Gasteiger partial charge in [-0.2, -0.15) is 0 Å². The summed E-state index contributed by atoms with van der Waals surface area (Å²) in [4.78, 5) is 24.8. The molecule has 150 valence electrons. The fraction of sp³-hybridized carbons (Fsp3) is 0.263. The van der Waals surface area contributed by atoms with Gasteiger partial charge < -0.3 is 10.1 Å². The second-order valence-corrected chi connectivity index (χ2v) is 9.25. The minimum Gasteiger partial charge on any atom is -0.456 e. The van der Waals surface area contributed by atoms with E-state index in [2.05, 4.69) is 5.32 Å². The number of amides is 1. The molecule has 0 saturated carbocycles. The van der Waals surface area contributed by atoms with Crippen LogP contribution in [0.2, 0.25) is 0 Å². The third kappa shape index (κ3) is 6.66. The molecule has 0 aromatic heterocycles. The first-order chi connectivity index (χ1) is 13.3. The van der Waals surface area contributed by atoms with Crippen LogP contribution in [0.4, 0.5) is 5.69 Å². The normalized spacial score (nSPS) is 11.2. The summed E-state index contributed by atoms with van der Waals surface area (Å²) in [6.45, 7) is -0.396. The average molecular weight is 423 g/mol. The Morgan fingerprint density at radius 3 is 2.29 bits per heavy atom. The number of ether oxygens (including phenoxy) is 1. The van der Waals surface area contributed by atoms with Crippen molar-refractivity contribution >= 4 is 39.3 Å². The van der Waals surface area contributed by atoms with Gasteiger partial charge in [-0.15, -0.1) is 11.8 Å². The van der Waals surface area contributed by atoms with E-state index in [4.69, 9.17) is 4.74 Å². The van der Waals surface area contributed by atoms with Gasteiger partial charge in [0.15, 0.2) is 6.61 Å². The van der Waals surface area contributed by atoms with E-state index in [-0.39, 0.29) is 11.3 Å². The molecule has 0 aliphatic carbocycles. The van der Waals surface area contributed by atoms with E-state index in [1.807, 2.05) is 30.3 Å². The van der Waals surface area contributed by atoms with Crippen LogP contribution in [0.1, 0.15) is 6.42 Å². The molecule has 0 fully saturated rings. The molecule has 0 saturated heterocycles. The third-order valence-electron chi connectivity index (χ3n) is 3.60. The highest BCUT2D eigenvalue weighted by molar-refractivity contribution is 7.99. The highest BCUT2D eigenvalue weighted by atomic mass is 32.2. The Bertz CT molecular complexity index is 898. The molecule has 2 aromatic carbocycles. The van der Waals surface area contributed by atoms with E-state index in [1.165, 1.54) is 50.1 Å². The second-order valence-electron chi connectivity index (χ2n) is 5.93. The molecule has 1 amide bonds. The van der Waals surface area contributed by atoms with Gasteiger partial charge in [0.05, 0.1) is 11.3 Å².